The Morgan fingerprint density at radius 3 is 2.56 bits per heavy atom. The number of carbonyl (C=O) groups excluding carboxylic acids is 1. The molecule has 1 fully saturated rings. The molecule has 0 saturated carbocycles. The van der Waals surface area contributed by atoms with E-state index in [0.717, 1.165) is 31.9 Å². The molecule has 3 rings (SSSR count). The van der Waals surface area contributed by atoms with E-state index in [1.54, 1.807) is 18.2 Å². The van der Waals surface area contributed by atoms with Gasteiger partial charge in [0, 0.05) is 26.2 Å². The molecule has 7 heteroatoms. The Labute approximate surface area is 151 Å². The summed E-state index contributed by atoms with van der Waals surface area (Å²) in [5.74, 6) is -1.13. The standard InChI is InChI=1S/C18H20ClFN4O/c1-23-6-8-24(9-7-23)17-11-16(13(19)10-15(17)21)22-18(25)12-4-2-3-5-14(12)20/h2-5,10-11H,6-9,21H2,1H3,(H,22,25). The first kappa shape index (κ1) is 17.5. The van der Waals surface area contributed by atoms with Gasteiger partial charge in [-0.1, -0.05) is 23.7 Å². The van der Waals surface area contributed by atoms with Crippen LogP contribution in [-0.2, 0) is 0 Å². The number of nitrogens with one attached hydrogen (secondary N) is 1. The summed E-state index contributed by atoms with van der Waals surface area (Å²) in [6.07, 6.45) is 0. The molecule has 5 nitrogen and oxygen atoms in total. The van der Waals surface area contributed by atoms with Gasteiger partial charge in [-0.25, -0.2) is 4.39 Å². The maximum Gasteiger partial charge on any atom is 0.258 e. The number of nitrogens with two attached hydrogens (primary N) is 1. The van der Waals surface area contributed by atoms with E-state index in [4.69, 9.17) is 17.3 Å². The number of benzene rings is 2. The van der Waals surface area contributed by atoms with Crippen LogP contribution in [0.1, 0.15) is 10.4 Å². The van der Waals surface area contributed by atoms with E-state index in [0.29, 0.717) is 16.4 Å². The van der Waals surface area contributed by atoms with Crippen LogP contribution in [-0.4, -0.2) is 44.0 Å². The Morgan fingerprint density at radius 1 is 1.20 bits per heavy atom. The fourth-order valence-electron chi connectivity index (χ4n) is 2.83. The maximum absolute atomic E-state index is 13.8. The molecule has 1 aliphatic rings. The number of halogens is 2. The number of anilines is 3. The van der Waals surface area contributed by atoms with E-state index in [9.17, 15) is 9.18 Å². The second kappa shape index (κ2) is 7.29. The lowest BCUT2D eigenvalue weighted by atomic mass is 10.1. The molecule has 3 N–H and O–H groups in total. The number of piperazine rings is 1. The molecule has 0 atom stereocenters. The first-order valence-corrected chi connectivity index (χ1v) is 8.42. The molecular formula is C18H20ClFN4O. The second-order valence-corrected chi connectivity index (χ2v) is 6.52. The van der Waals surface area contributed by atoms with Crippen LogP contribution in [0.5, 0.6) is 0 Å². The van der Waals surface area contributed by atoms with Crippen molar-refractivity contribution in [2.24, 2.45) is 0 Å². The molecule has 132 valence electrons. The third-order valence-corrected chi connectivity index (χ3v) is 4.64. The number of nitrogens with zero attached hydrogens (tertiary/aromatic N) is 2. The van der Waals surface area contributed by atoms with Gasteiger partial charge < -0.3 is 20.9 Å². The van der Waals surface area contributed by atoms with E-state index in [-0.39, 0.29) is 5.56 Å². The fraction of sp³-hybridized carbons (Fsp3) is 0.278. The monoisotopic (exact) mass is 362 g/mol. The van der Waals surface area contributed by atoms with E-state index < -0.39 is 11.7 Å². The highest BCUT2D eigenvalue weighted by atomic mass is 35.5. The number of likely N-dealkylation sites (N-methyl/N-ethyl adjacent to an activating group) is 1. The molecule has 2 aromatic rings. The van der Waals surface area contributed by atoms with Gasteiger partial charge in [-0.05, 0) is 31.3 Å². The van der Waals surface area contributed by atoms with Crippen LogP contribution in [0.15, 0.2) is 36.4 Å². The topological polar surface area (TPSA) is 61.6 Å². The molecule has 0 radical (unpaired) electrons. The Balaban J connectivity index is 1.85. The second-order valence-electron chi connectivity index (χ2n) is 6.12. The van der Waals surface area contributed by atoms with Gasteiger partial charge in [-0.3, -0.25) is 4.79 Å². The molecule has 0 aliphatic carbocycles. The largest absolute Gasteiger partial charge is 0.397 e. The number of hydrogen-bond acceptors (Lipinski definition) is 4. The highest BCUT2D eigenvalue weighted by Crippen LogP contribution is 2.34. The smallest absolute Gasteiger partial charge is 0.258 e. The zero-order valence-electron chi connectivity index (χ0n) is 13.9. The van der Waals surface area contributed by atoms with Gasteiger partial charge in [0.15, 0.2) is 0 Å². The van der Waals surface area contributed by atoms with Gasteiger partial charge in [-0.2, -0.15) is 0 Å². The fourth-order valence-corrected chi connectivity index (χ4v) is 3.05. The molecule has 1 heterocycles. The Morgan fingerprint density at radius 2 is 1.88 bits per heavy atom. The van der Waals surface area contributed by atoms with Crippen molar-refractivity contribution in [3.8, 4) is 0 Å². The lowest BCUT2D eigenvalue weighted by Gasteiger charge is -2.35. The van der Waals surface area contributed by atoms with Crippen LogP contribution in [0.25, 0.3) is 0 Å². The maximum atomic E-state index is 13.8. The SMILES string of the molecule is CN1CCN(c2cc(NC(=O)c3ccccc3F)c(Cl)cc2N)CC1. The van der Waals surface area contributed by atoms with Crippen LogP contribution >= 0.6 is 11.6 Å². The van der Waals surface area contributed by atoms with Crippen LogP contribution < -0.4 is 16.0 Å². The first-order valence-electron chi connectivity index (χ1n) is 8.04. The molecule has 0 spiro atoms. The van der Waals surface area contributed by atoms with Gasteiger partial charge in [0.1, 0.15) is 5.82 Å². The minimum Gasteiger partial charge on any atom is -0.397 e. The van der Waals surface area contributed by atoms with Gasteiger partial charge in [0.25, 0.3) is 5.91 Å². The van der Waals surface area contributed by atoms with E-state index in [1.165, 1.54) is 18.2 Å². The molecule has 1 amide bonds. The van der Waals surface area contributed by atoms with Crippen molar-refractivity contribution in [2.45, 2.75) is 0 Å². The molecule has 0 aromatic heterocycles. The Kier molecular flexibility index (Phi) is 5.11. The van der Waals surface area contributed by atoms with Crippen molar-refractivity contribution < 1.29 is 9.18 Å². The van der Waals surface area contributed by atoms with Crippen molar-refractivity contribution in [3.63, 3.8) is 0 Å². The van der Waals surface area contributed by atoms with E-state index in [1.807, 2.05) is 0 Å². The van der Waals surface area contributed by atoms with Gasteiger partial charge in [0.2, 0.25) is 0 Å². The van der Waals surface area contributed by atoms with Gasteiger partial charge >= 0.3 is 0 Å². The van der Waals surface area contributed by atoms with Gasteiger partial charge in [-0.15, -0.1) is 0 Å². The summed E-state index contributed by atoms with van der Waals surface area (Å²) >= 11 is 6.22. The van der Waals surface area contributed by atoms with Gasteiger partial charge in [0.05, 0.1) is 27.6 Å². The third-order valence-electron chi connectivity index (χ3n) is 4.33. The van der Waals surface area contributed by atoms with Crippen LogP contribution in [0.3, 0.4) is 0 Å². The van der Waals surface area contributed by atoms with Crippen molar-refractivity contribution in [3.05, 3.63) is 52.8 Å². The number of nitrogen functional groups attached to an aromatic ring is 1. The average molecular weight is 363 g/mol. The highest BCUT2D eigenvalue weighted by Gasteiger charge is 2.19. The summed E-state index contributed by atoms with van der Waals surface area (Å²) in [4.78, 5) is 16.7. The Bertz CT molecular complexity index is 791. The molecule has 2 aromatic carbocycles. The number of carbonyl (C=O) groups is 1. The molecular weight excluding hydrogens is 343 g/mol. The lowest BCUT2D eigenvalue weighted by molar-refractivity contribution is 0.102. The predicted octanol–water partition coefficient (Wildman–Crippen LogP) is 3.07. The lowest BCUT2D eigenvalue weighted by Crippen LogP contribution is -2.44. The van der Waals surface area contributed by atoms with Crippen molar-refractivity contribution in [1.82, 2.24) is 4.90 Å². The number of hydrogen-bond donors (Lipinski definition) is 2. The normalized spacial score (nSPS) is 15.2. The zero-order valence-corrected chi connectivity index (χ0v) is 14.7. The highest BCUT2D eigenvalue weighted by molar-refractivity contribution is 6.34. The third kappa shape index (κ3) is 3.86. The molecule has 25 heavy (non-hydrogen) atoms. The minimum absolute atomic E-state index is 0.0310. The number of rotatable bonds is 3. The first-order chi connectivity index (χ1) is 12.0. The molecule has 0 bridgehead atoms. The van der Waals surface area contributed by atoms with Crippen molar-refractivity contribution >= 4 is 34.6 Å². The van der Waals surface area contributed by atoms with E-state index >= 15 is 0 Å². The van der Waals surface area contributed by atoms with Crippen molar-refractivity contribution in [2.75, 3.05) is 49.2 Å². The van der Waals surface area contributed by atoms with E-state index in [2.05, 4.69) is 22.2 Å². The summed E-state index contributed by atoms with van der Waals surface area (Å²) in [7, 11) is 2.07. The summed E-state index contributed by atoms with van der Waals surface area (Å²) in [6, 6.07) is 9.19. The molecule has 1 aliphatic heterocycles. The summed E-state index contributed by atoms with van der Waals surface area (Å²) in [5, 5.41) is 3.00. The molecule has 0 unspecified atom stereocenters. The van der Waals surface area contributed by atoms with Crippen LogP contribution in [0, 0.1) is 5.82 Å². The quantitative estimate of drug-likeness (QED) is 0.824. The minimum atomic E-state index is -0.578. The number of amides is 1. The average Bonchev–Trinajstić information content (AvgIpc) is 2.58. The zero-order chi connectivity index (χ0) is 18.0. The molecule has 1 saturated heterocycles. The summed E-state index contributed by atoms with van der Waals surface area (Å²) in [5.41, 5.74) is 7.87. The predicted molar refractivity (Wildman–Crippen MR) is 99.9 cm³/mol. The van der Waals surface area contributed by atoms with Crippen LogP contribution in [0.4, 0.5) is 21.5 Å². The summed E-state index contributed by atoms with van der Waals surface area (Å²) in [6.45, 7) is 3.53. The Hall–Kier alpha value is -2.31. The van der Waals surface area contributed by atoms with Crippen LogP contribution in [0.2, 0.25) is 5.02 Å². The summed E-state index contributed by atoms with van der Waals surface area (Å²) < 4.78 is 13.8. The van der Waals surface area contributed by atoms with Crippen molar-refractivity contribution in [1.29, 1.82) is 0 Å².